The van der Waals surface area contributed by atoms with Crippen LogP contribution in [0.15, 0.2) is 35.1 Å². The first kappa shape index (κ1) is 31.2. The highest BCUT2D eigenvalue weighted by molar-refractivity contribution is 5.93. The summed E-state index contributed by atoms with van der Waals surface area (Å²) in [6.45, 7) is 13.4. The van der Waals surface area contributed by atoms with E-state index in [-0.39, 0.29) is 24.2 Å². The van der Waals surface area contributed by atoms with Crippen LogP contribution in [0.5, 0.6) is 5.75 Å². The molecule has 3 aliphatic heterocycles. The van der Waals surface area contributed by atoms with E-state index in [4.69, 9.17) is 18.9 Å². The van der Waals surface area contributed by atoms with Crippen LogP contribution in [-0.2, 0) is 24.3 Å². The number of β-amino-alcohol motifs (C(OH)–C–C–N with tert-alkyl or cyclic N) is 1. The average molecular weight is 621 g/mol. The number of nitrogens with zero attached hydrogens (tertiary/aromatic N) is 6. The largest absolute Gasteiger partial charge is 0.486 e. The Kier molecular flexibility index (Phi) is 9.79. The Hall–Kier alpha value is -3.78. The molecule has 3 N–H and O–H groups in total. The van der Waals surface area contributed by atoms with Crippen molar-refractivity contribution in [2.45, 2.75) is 58.5 Å². The van der Waals surface area contributed by atoms with Gasteiger partial charge in [0.1, 0.15) is 23.9 Å². The number of aliphatic hydroxyl groups excluding tert-OH is 1. The number of carbonyl (C=O) groups is 1. The minimum absolute atomic E-state index is 0.127. The number of piperazine rings is 1. The Bertz CT molecular complexity index is 1450. The van der Waals surface area contributed by atoms with E-state index in [0.29, 0.717) is 44.2 Å². The Morgan fingerprint density at radius 3 is 2.64 bits per heavy atom. The summed E-state index contributed by atoms with van der Waals surface area (Å²) in [6, 6.07) is 8.46. The molecule has 45 heavy (non-hydrogen) atoms. The third-order valence-corrected chi connectivity index (χ3v) is 8.72. The van der Waals surface area contributed by atoms with E-state index >= 15 is 0 Å². The lowest BCUT2D eigenvalue weighted by Crippen LogP contribution is -2.49. The maximum Gasteiger partial charge on any atom is 0.270 e. The molecule has 2 saturated heterocycles. The zero-order chi connectivity index (χ0) is 31.3. The van der Waals surface area contributed by atoms with Gasteiger partial charge >= 0.3 is 0 Å². The summed E-state index contributed by atoms with van der Waals surface area (Å²) in [5.41, 5.74) is 3.56. The van der Waals surface area contributed by atoms with Gasteiger partial charge in [0.2, 0.25) is 5.95 Å². The van der Waals surface area contributed by atoms with E-state index in [1.807, 2.05) is 13.0 Å². The van der Waals surface area contributed by atoms with Crippen molar-refractivity contribution in [3.05, 3.63) is 58.9 Å². The highest BCUT2D eigenvalue weighted by atomic mass is 16.5. The third kappa shape index (κ3) is 7.90. The first-order valence-corrected chi connectivity index (χ1v) is 15.8. The predicted molar refractivity (Wildman–Crippen MR) is 169 cm³/mol. The van der Waals surface area contributed by atoms with Gasteiger partial charge in [-0.2, -0.15) is 4.98 Å². The van der Waals surface area contributed by atoms with E-state index in [1.54, 1.807) is 6.07 Å². The van der Waals surface area contributed by atoms with Gasteiger partial charge in [0.15, 0.2) is 12.2 Å². The fourth-order valence-corrected chi connectivity index (χ4v) is 5.84. The molecule has 3 aliphatic rings. The van der Waals surface area contributed by atoms with Crippen LogP contribution in [0.4, 0.5) is 11.8 Å². The number of rotatable bonds is 12. The molecule has 1 amide bonds. The SMILES string of the molecule is Cc1ncoc1COc1ccc2c(c1)CCN(CC(O)CNC(=O)c1cc(NC3COC3)nc(N3CCN(C(C)C)CC3)n1)C2. The normalized spacial score (nSPS) is 18.4. The Morgan fingerprint density at radius 1 is 1.11 bits per heavy atom. The van der Waals surface area contributed by atoms with Crippen LogP contribution in [0, 0.1) is 6.92 Å². The van der Waals surface area contributed by atoms with Crippen LogP contribution < -0.4 is 20.3 Å². The standard InChI is InChI=1S/C32H44N8O5/c1-21(2)39-8-10-40(11-9-39)32-36-28(13-30(37-32)35-25-17-43-18-25)31(42)33-14-26(41)16-38-7-6-23-12-27(5-4-24(23)15-38)44-19-29-22(3)34-20-45-29/h4-5,12-13,20-21,25-26,41H,6-11,14-19H2,1-3H3,(H,33,42)(H,35,36,37). The number of aromatic nitrogens is 3. The van der Waals surface area contributed by atoms with Crippen molar-refractivity contribution in [3.63, 3.8) is 0 Å². The lowest BCUT2D eigenvalue weighted by atomic mass is 9.99. The topological polar surface area (TPSA) is 141 Å². The highest BCUT2D eigenvalue weighted by Crippen LogP contribution is 2.25. The van der Waals surface area contributed by atoms with Crippen LogP contribution in [0.1, 0.15) is 46.9 Å². The van der Waals surface area contributed by atoms with E-state index in [0.717, 1.165) is 62.9 Å². The van der Waals surface area contributed by atoms with Crippen LogP contribution >= 0.6 is 0 Å². The quantitative estimate of drug-likeness (QED) is 0.272. The molecule has 242 valence electrons. The summed E-state index contributed by atoms with van der Waals surface area (Å²) >= 11 is 0. The molecule has 1 aromatic carbocycles. The second-order valence-corrected chi connectivity index (χ2v) is 12.4. The number of amides is 1. The number of aryl methyl sites for hydroxylation is 1. The van der Waals surface area contributed by atoms with Gasteiger partial charge in [0, 0.05) is 64.5 Å². The second kappa shape index (κ2) is 14.1. The summed E-state index contributed by atoms with van der Waals surface area (Å²) in [7, 11) is 0. The number of anilines is 2. The number of oxazole rings is 1. The minimum Gasteiger partial charge on any atom is -0.486 e. The van der Waals surface area contributed by atoms with Crippen molar-refractivity contribution in [1.29, 1.82) is 0 Å². The summed E-state index contributed by atoms with van der Waals surface area (Å²) in [4.78, 5) is 33.5. The molecule has 1 unspecified atom stereocenters. The number of carbonyl (C=O) groups excluding carboxylic acids is 1. The number of hydrogen-bond donors (Lipinski definition) is 3. The summed E-state index contributed by atoms with van der Waals surface area (Å²) in [5, 5.41) is 17.1. The molecule has 13 nitrogen and oxygen atoms in total. The van der Waals surface area contributed by atoms with Crippen molar-refractivity contribution in [2.75, 3.05) is 69.2 Å². The maximum atomic E-state index is 13.3. The van der Waals surface area contributed by atoms with Gasteiger partial charge in [-0.15, -0.1) is 0 Å². The van der Waals surface area contributed by atoms with Gasteiger partial charge in [-0.1, -0.05) is 6.07 Å². The van der Waals surface area contributed by atoms with E-state index in [2.05, 4.69) is 61.3 Å². The Balaban J connectivity index is 1.02. The summed E-state index contributed by atoms with van der Waals surface area (Å²) in [5.74, 6) is 2.34. The fourth-order valence-electron chi connectivity index (χ4n) is 5.84. The van der Waals surface area contributed by atoms with E-state index in [1.165, 1.54) is 17.5 Å². The maximum absolute atomic E-state index is 13.3. The minimum atomic E-state index is -0.724. The Morgan fingerprint density at radius 2 is 1.93 bits per heavy atom. The second-order valence-electron chi connectivity index (χ2n) is 12.4. The number of hydrogen-bond acceptors (Lipinski definition) is 12. The number of nitrogens with one attached hydrogen (secondary N) is 2. The molecule has 1 atom stereocenters. The fraction of sp³-hybridized carbons (Fsp3) is 0.562. The molecule has 0 radical (unpaired) electrons. The highest BCUT2D eigenvalue weighted by Gasteiger charge is 2.25. The molecular weight excluding hydrogens is 576 g/mol. The van der Waals surface area contributed by atoms with Crippen molar-refractivity contribution < 1.29 is 23.8 Å². The molecular formula is C32H44N8O5. The van der Waals surface area contributed by atoms with Crippen LogP contribution in [-0.4, -0.2) is 113 Å². The lowest BCUT2D eigenvalue weighted by Gasteiger charge is -2.37. The molecule has 13 heteroatoms. The van der Waals surface area contributed by atoms with Gasteiger partial charge < -0.3 is 34.5 Å². The number of aliphatic hydroxyl groups is 1. The van der Waals surface area contributed by atoms with Crippen LogP contribution in [0.3, 0.4) is 0 Å². The molecule has 3 aromatic rings. The van der Waals surface area contributed by atoms with E-state index < -0.39 is 6.10 Å². The van der Waals surface area contributed by atoms with Crippen molar-refractivity contribution in [2.24, 2.45) is 0 Å². The van der Waals surface area contributed by atoms with E-state index in [9.17, 15) is 9.90 Å². The summed E-state index contributed by atoms with van der Waals surface area (Å²) in [6.07, 6.45) is 1.56. The first-order valence-electron chi connectivity index (χ1n) is 15.8. The van der Waals surface area contributed by atoms with Gasteiger partial charge in [-0.3, -0.25) is 14.6 Å². The molecule has 5 heterocycles. The van der Waals surface area contributed by atoms with Gasteiger partial charge in [0.05, 0.1) is 31.1 Å². The molecule has 2 aromatic heterocycles. The van der Waals surface area contributed by atoms with Crippen molar-refractivity contribution >= 4 is 17.7 Å². The number of benzene rings is 1. The molecule has 0 aliphatic carbocycles. The predicted octanol–water partition coefficient (Wildman–Crippen LogP) is 1.84. The summed E-state index contributed by atoms with van der Waals surface area (Å²) < 4.78 is 16.6. The number of ether oxygens (including phenoxy) is 2. The Labute approximate surface area is 263 Å². The molecule has 6 rings (SSSR count). The van der Waals surface area contributed by atoms with Crippen molar-refractivity contribution in [3.8, 4) is 5.75 Å². The zero-order valence-corrected chi connectivity index (χ0v) is 26.4. The van der Waals surface area contributed by atoms with Crippen LogP contribution in [0.2, 0.25) is 0 Å². The van der Waals surface area contributed by atoms with Gasteiger partial charge in [-0.25, -0.2) is 9.97 Å². The molecule has 0 bridgehead atoms. The van der Waals surface area contributed by atoms with Crippen LogP contribution in [0.25, 0.3) is 0 Å². The van der Waals surface area contributed by atoms with Crippen molar-refractivity contribution in [1.82, 2.24) is 30.1 Å². The van der Waals surface area contributed by atoms with Gasteiger partial charge in [0.25, 0.3) is 5.91 Å². The molecule has 0 saturated carbocycles. The molecule has 2 fully saturated rings. The monoisotopic (exact) mass is 620 g/mol. The average Bonchev–Trinajstić information content (AvgIpc) is 3.44. The smallest absolute Gasteiger partial charge is 0.270 e. The zero-order valence-electron chi connectivity index (χ0n) is 26.4. The van der Waals surface area contributed by atoms with Gasteiger partial charge in [-0.05, 0) is 50.5 Å². The molecule has 0 spiro atoms. The first-order chi connectivity index (χ1) is 21.8. The third-order valence-electron chi connectivity index (χ3n) is 8.72. The number of fused-ring (bicyclic) bond motifs is 1. The lowest BCUT2D eigenvalue weighted by molar-refractivity contribution is 0.0209.